The van der Waals surface area contributed by atoms with Crippen LogP contribution in [0.2, 0.25) is 0 Å². The number of anilines is 2. The molecule has 1 aromatic carbocycles. The standard InChI is InChI=1S/C11H11F3N2O2/c12-11(13,14)10(3-4-10)16-8-2-1-6(9(17)18)5-7(8)15/h1-2,5,16H,3-4,15H2,(H,17,18). The minimum absolute atomic E-state index is 0.00335. The number of alkyl halides is 3. The Labute approximate surface area is 101 Å². The van der Waals surface area contributed by atoms with Gasteiger partial charge in [0, 0.05) is 0 Å². The van der Waals surface area contributed by atoms with E-state index in [0.29, 0.717) is 0 Å². The van der Waals surface area contributed by atoms with Gasteiger partial charge in [-0.25, -0.2) is 4.79 Å². The first-order valence-corrected chi connectivity index (χ1v) is 5.23. The van der Waals surface area contributed by atoms with Gasteiger partial charge in [0.15, 0.2) is 0 Å². The predicted octanol–water partition coefficient (Wildman–Crippen LogP) is 2.47. The van der Waals surface area contributed by atoms with Crippen LogP contribution in [-0.2, 0) is 0 Å². The molecule has 98 valence electrons. The molecular formula is C11H11F3N2O2. The monoisotopic (exact) mass is 260 g/mol. The summed E-state index contributed by atoms with van der Waals surface area (Å²) in [4.78, 5) is 10.7. The van der Waals surface area contributed by atoms with Crippen LogP contribution in [0, 0.1) is 0 Å². The fourth-order valence-corrected chi connectivity index (χ4v) is 1.67. The molecule has 0 aromatic heterocycles. The molecule has 0 saturated heterocycles. The van der Waals surface area contributed by atoms with Gasteiger partial charge in [0.2, 0.25) is 0 Å². The molecule has 1 saturated carbocycles. The van der Waals surface area contributed by atoms with E-state index >= 15 is 0 Å². The maximum Gasteiger partial charge on any atom is 0.411 e. The van der Waals surface area contributed by atoms with Crippen molar-refractivity contribution >= 4 is 17.3 Å². The highest BCUT2D eigenvalue weighted by atomic mass is 19.4. The van der Waals surface area contributed by atoms with Crippen molar-refractivity contribution in [2.45, 2.75) is 24.6 Å². The summed E-state index contributed by atoms with van der Waals surface area (Å²) < 4.78 is 38.2. The highest BCUT2D eigenvalue weighted by Crippen LogP contribution is 2.51. The van der Waals surface area contributed by atoms with E-state index in [9.17, 15) is 18.0 Å². The van der Waals surface area contributed by atoms with Crippen molar-refractivity contribution in [2.75, 3.05) is 11.1 Å². The maximum atomic E-state index is 12.7. The summed E-state index contributed by atoms with van der Waals surface area (Å²) in [6.45, 7) is 0. The van der Waals surface area contributed by atoms with Gasteiger partial charge in [0.05, 0.1) is 16.9 Å². The molecule has 0 radical (unpaired) electrons. The molecule has 0 atom stereocenters. The molecule has 18 heavy (non-hydrogen) atoms. The Morgan fingerprint density at radius 2 is 2.00 bits per heavy atom. The highest BCUT2D eigenvalue weighted by molar-refractivity contribution is 5.90. The quantitative estimate of drug-likeness (QED) is 0.730. The summed E-state index contributed by atoms with van der Waals surface area (Å²) in [6, 6.07) is 3.61. The lowest BCUT2D eigenvalue weighted by Gasteiger charge is -2.22. The number of nitrogens with one attached hydrogen (secondary N) is 1. The zero-order chi connectivity index (χ0) is 13.6. The number of aromatic carboxylic acids is 1. The van der Waals surface area contributed by atoms with Gasteiger partial charge >= 0.3 is 12.1 Å². The van der Waals surface area contributed by atoms with Crippen LogP contribution in [0.5, 0.6) is 0 Å². The Bertz CT molecular complexity index is 496. The van der Waals surface area contributed by atoms with Gasteiger partial charge in [-0.05, 0) is 31.0 Å². The van der Waals surface area contributed by atoms with Gasteiger partial charge in [-0.3, -0.25) is 0 Å². The van der Waals surface area contributed by atoms with E-state index in [4.69, 9.17) is 10.8 Å². The predicted molar refractivity (Wildman–Crippen MR) is 59.5 cm³/mol. The summed E-state index contributed by atoms with van der Waals surface area (Å²) in [6.07, 6.45) is -4.35. The Balaban J connectivity index is 2.24. The summed E-state index contributed by atoms with van der Waals surface area (Å²) in [5.41, 5.74) is 3.67. The average molecular weight is 260 g/mol. The molecule has 1 aliphatic carbocycles. The largest absolute Gasteiger partial charge is 0.478 e. The smallest absolute Gasteiger partial charge is 0.411 e. The number of nitrogens with two attached hydrogens (primary N) is 1. The van der Waals surface area contributed by atoms with E-state index < -0.39 is 17.7 Å². The molecule has 0 bridgehead atoms. The van der Waals surface area contributed by atoms with Gasteiger partial charge in [-0.1, -0.05) is 0 Å². The molecule has 4 N–H and O–H groups in total. The van der Waals surface area contributed by atoms with Gasteiger partial charge < -0.3 is 16.2 Å². The lowest BCUT2D eigenvalue weighted by molar-refractivity contribution is -0.151. The molecular weight excluding hydrogens is 249 g/mol. The van der Waals surface area contributed by atoms with E-state index in [1.165, 1.54) is 12.1 Å². The van der Waals surface area contributed by atoms with Crippen LogP contribution in [0.4, 0.5) is 24.5 Å². The normalized spacial score (nSPS) is 17.3. The third-order valence-corrected chi connectivity index (χ3v) is 2.97. The molecule has 0 spiro atoms. The Morgan fingerprint density at radius 1 is 1.39 bits per heavy atom. The van der Waals surface area contributed by atoms with Gasteiger partial charge in [0.1, 0.15) is 5.54 Å². The Kier molecular flexibility index (Phi) is 2.64. The zero-order valence-electron chi connectivity index (χ0n) is 9.21. The van der Waals surface area contributed by atoms with Crippen molar-refractivity contribution in [1.82, 2.24) is 0 Å². The molecule has 0 unspecified atom stereocenters. The lowest BCUT2D eigenvalue weighted by Crippen LogP contribution is -2.38. The van der Waals surface area contributed by atoms with E-state index in [2.05, 4.69) is 5.32 Å². The van der Waals surface area contributed by atoms with E-state index in [1.54, 1.807) is 0 Å². The second-order valence-corrected chi connectivity index (χ2v) is 4.31. The lowest BCUT2D eigenvalue weighted by atomic mass is 10.1. The first-order chi connectivity index (χ1) is 8.25. The van der Waals surface area contributed by atoms with Gasteiger partial charge in [0.25, 0.3) is 0 Å². The maximum absolute atomic E-state index is 12.7. The second-order valence-electron chi connectivity index (χ2n) is 4.31. The molecule has 2 rings (SSSR count). The topological polar surface area (TPSA) is 75.4 Å². The minimum Gasteiger partial charge on any atom is -0.478 e. The van der Waals surface area contributed by atoms with Crippen molar-refractivity contribution < 1.29 is 23.1 Å². The SMILES string of the molecule is Nc1cc(C(=O)O)ccc1NC1(C(F)(F)F)CC1. The Morgan fingerprint density at radius 3 is 2.39 bits per heavy atom. The fourth-order valence-electron chi connectivity index (χ4n) is 1.67. The van der Waals surface area contributed by atoms with Crippen LogP contribution in [0.1, 0.15) is 23.2 Å². The molecule has 1 aromatic rings. The summed E-state index contributed by atoms with van der Waals surface area (Å²) in [7, 11) is 0. The average Bonchev–Trinajstić information content (AvgIpc) is 3.01. The minimum atomic E-state index is -4.34. The van der Waals surface area contributed by atoms with E-state index in [-0.39, 0.29) is 29.8 Å². The molecule has 1 fully saturated rings. The number of nitrogen functional groups attached to an aromatic ring is 1. The van der Waals surface area contributed by atoms with Crippen LogP contribution in [-0.4, -0.2) is 22.8 Å². The van der Waals surface area contributed by atoms with Gasteiger partial charge in [-0.15, -0.1) is 0 Å². The van der Waals surface area contributed by atoms with Crippen molar-refractivity contribution in [1.29, 1.82) is 0 Å². The molecule has 0 aliphatic heterocycles. The summed E-state index contributed by atoms with van der Waals surface area (Å²) in [5.74, 6) is -1.18. The number of rotatable bonds is 3. The molecule has 1 aliphatic rings. The summed E-state index contributed by atoms with van der Waals surface area (Å²) >= 11 is 0. The van der Waals surface area contributed by atoms with E-state index in [0.717, 1.165) is 6.07 Å². The zero-order valence-corrected chi connectivity index (χ0v) is 9.21. The van der Waals surface area contributed by atoms with Crippen molar-refractivity contribution in [3.8, 4) is 0 Å². The fraction of sp³-hybridized carbons (Fsp3) is 0.364. The van der Waals surface area contributed by atoms with Crippen LogP contribution >= 0.6 is 0 Å². The number of halogens is 3. The third kappa shape index (κ3) is 2.07. The number of hydrogen-bond acceptors (Lipinski definition) is 3. The number of hydrogen-bond donors (Lipinski definition) is 3. The number of carbonyl (C=O) groups is 1. The first-order valence-electron chi connectivity index (χ1n) is 5.23. The van der Waals surface area contributed by atoms with Crippen LogP contribution in [0.25, 0.3) is 0 Å². The molecule has 0 heterocycles. The highest BCUT2D eigenvalue weighted by Gasteiger charge is 2.63. The molecule has 0 amide bonds. The van der Waals surface area contributed by atoms with E-state index in [1.807, 2.05) is 0 Å². The molecule has 7 heteroatoms. The second kappa shape index (κ2) is 3.79. The van der Waals surface area contributed by atoms with Crippen molar-refractivity contribution in [2.24, 2.45) is 0 Å². The van der Waals surface area contributed by atoms with Crippen LogP contribution in [0.3, 0.4) is 0 Å². The van der Waals surface area contributed by atoms with Crippen molar-refractivity contribution in [3.05, 3.63) is 23.8 Å². The Hall–Kier alpha value is -1.92. The number of carboxylic acids is 1. The third-order valence-electron chi connectivity index (χ3n) is 2.97. The summed E-state index contributed by atoms with van der Waals surface area (Å²) in [5, 5.41) is 11.1. The first kappa shape index (κ1) is 12.5. The van der Waals surface area contributed by atoms with Crippen LogP contribution < -0.4 is 11.1 Å². The number of benzene rings is 1. The molecule has 4 nitrogen and oxygen atoms in total. The van der Waals surface area contributed by atoms with Crippen LogP contribution in [0.15, 0.2) is 18.2 Å². The number of carboxylic acid groups (broad SMARTS) is 1. The van der Waals surface area contributed by atoms with Crippen molar-refractivity contribution in [3.63, 3.8) is 0 Å². The van der Waals surface area contributed by atoms with Gasteiger partial charge in [-0.2, -0.15) is 13.2 Å².